The average molecular weight is 238 g/mol. The van der Waals surface area contributed by atoms with E-state index in [1.54, 1.807) is 0 Å². The van der Waals surface area contributed by atoms with E-state index >= 15 is 0 Å². The molecule has 0 bridgehead atoms. The van der Waals surface area contributed by atoms with Crippen LogP contribution in [0.4, 0.5) is 5.69 Å². The normalized spacial score (nSPS) is 11.0. The third kappa shape index (κ3) is 3.28. The summed E-state index contributed by atoms with van der Waals surface area (Å²) in [5.41, 5.74) is 5.54. The summed E-state index contributed by atoms with van der Waals surface area (Å²) in [5, 5.41) is 4.29. The number of anilines is 1. The number of hydrogen-bond donors (Lipinski definition) is 1. The molecule has 18 heavy (non-hydrogen) atoms. The molecule has 0 aliphatic heterocycles. The van der Waals surface area contributed by atoms with Crippen molar-refractivity contribution < 1.29 is 4.79 Å². The van der Waals surface area contributed by atoms with Crippen LogP contribution in [-0.4, -0.2) is 12.0 Å². The van der Waals surface area contributed by atoms with Gasteiger partial charge in [-0.1, -0.05) is 48.5 Å². The third-order valence-corrected chi connectivity index (χ3v) is 2.48. The van der Waals surface area contributed by atoms with E-state index in [2.05, 4.69) is 10.5 Å². The van der Waals surface area contributed by atoms with E-state index in [9.17, 15) is 4.79 Å². The van der Waals surface area contributed by atoms with Crippen molar-refractivity contribution in [2.45, 2.75) is 6.42 Å². The largest absolute Gasteiger partial charge is 0.303 e. The fourth-order valence-electron chi connectivity index (χ4n) is 1.58. The minimum Gasteiger partial charge on any atom is -0.303 e. The fourth-order valence-corrected chi connectivity index (χ4v) is 1.58. The predicted molar refractivity (Wildman–Crippen MR) is 73.7 cm³/mol. The summed E-state index contributed by atoms with van der Waals surface area (Å²) in [6.45, 7) is 0. The van der Waals surface area contributed by atoms with Crippen LogP contribution in [-0.2, 0) is 4.79 Å². The van der Waals surface area contributed by atoms with E-state index in [1.165, 1.54) is 0 Å². The van der Waals surface area contributed by atoms with Gasteiger partial charge in [0.25, 0.3) is 0 Å². The van der Waals surface area contributed by atoms with E-state index in [-0.39, 0.29) is 0 Å². The van der Waals surface area contributed by atoms with Gasteiger partial charge < -0.3 is 4.79 Å². The van der Waals surface area contributed by atoms with Crippen LogP contribution in [0, 0.1) is 0 Å². The van der Waals surface area contributed by atoms with Gasteiger partial charge in [0.05, 0.1) is 11.4 Å². The zero-order valence-electron chi connectivity index (χ0n) is 9.91. The molecule has 0 saturated heterocycles. The third-order valence-electron chi connectivity index (χ3n) is 2.48. The van der Waals surface area contributed by atoms with Crippen LogP contribution in [0.2, 0.25) is 0 Å². The van der Waals surface area contributed by atoms with Crippen molar-refractivity contribution in [3.63, 3.8) is 0 Å². The highest BCUT2D eigenvalue weighted by Gasteiger charge is 2.02. The maximum atomic E-state index is 10.7. The van der Waals surface area contributed by atoms with Crippen molar-refractivity contribution in [2.75, 3.05) is 5.43 Å². The van der Waals surface area contributed by atoms with Gasteiger partial charge in [0.15, 0.2) is 0 Å². The number of hydrogen-bond acceptors (Lipinski definition) is 3. The van der Waals surface area contributed by atoms with Crippen LogP contribution < -0.4 is 5.43 Å². The maximum Gasteiger partial charge on any atom is 0.126 e. The molecule has 2 aromatic rings. The highest BCUT2D eigenvalue weighted by atomic mass is 16.1. The van der Waals surface area contributed by atoms with E-state index in [0.717, 1.165) is 23.2 Å². The van der Waals surface area contributed by atoms with Crippen molar-refractivity contribution >= 4 is 17.7 Å². The van der Waals surface area contributed by atoms with E-state index in [0.29, 0.717) is 6.42 Å². The standard InChI is InChI=1S/C15H14N2O/c18-12-11-15(13-7-3-1-4-8-13)17-16-14-9-5-2-6-10-14/h1-10,12,16H,11H2/b17-15+. The lowest BCUT2D eigenvalue weighted by Crippen LogP contribution is -2.05. The molecule has 0 heterocycles. The first-order valence-corrected chi connectivity index (χ1v) is 5.77. The lowest BCUT2D eigenvalue weighted by molar-refractivity contribution is -0.106. The number of rotatable bonds is 5. The predicted octanol–water partition coefficient (Wildman–Crippen LogP) is 3.09. The highest BCUT2D eigenvalue weighted by molar-refractivity contribution is 6.06. The van der Waals surface area contributed by atoms with E-state index < -0.39 is 0 Å². The Balaban J connectivity index is 2.18. The molecule has 0 atom stereocenters. The molecule has 3 heteroatoms. The lowest BCUT2D eigenvalue weighted by Gasteiger charge is -2.05. The maximum absolute atomic E-state index is 10.7. The summed E-state index contributed by atoms with van der Waals surface area (Å²) in [7, 11) is 0. The second-order valence-electron chi connectivity index (χ2n) is 3.77. The number of aldehydes is 1. The lowest BCUT2D eigenvalue weighted by atomic mass is 10.1. The van der Waals surface area contributed by atoms with E-state index in [4.69, 9.17) is 0 Å². The zero-order valence-corrected chi connectivity index (χ0v) is 9.91. The average Bonchev–Trinajstić information content (AvgIpc) is 2.45. The van der Waals surface area contributed by atoms with Crippen LogP contribution >= 0.6 is 0 Å². The second-order valence-corrected chi connectivity index (χ2v) is 3.77. The molecule has 2 aromatic carbocycles. The topological polar surface area (TPSA) is 41.5 Å². The number of para-hydroxylation sites is 1. The Morgan fingerprint density at radius 3 is 2.22 bits per heavy atom. The van der Waals surface area contributed by atoms with Gasteiger partial charge in [-0.15, -0.1) is 0 Å². The van der Waals surface area contributed by atoms with Crippen LogP contribution in [0.25, 0.3) is 0 Å². The summed E-state index contributed by atoms with van der Waals surface area (Å²) in [5.74, 6) is 0. The minimum atomic E-state index is 0.295. The van der Waals surface area contributed by atoms with Crippen LogP contribution in [0.5, 0.6) is 0 Å². The Bertz CT molecular complexity index is 521. The Morgan fingerprint density at radius 2 is 1.61 bits per heavy atom. The number of hydrazone groups is 1. The minimum absolute atomic E-state index is 0.295. The van der Waals surface area contributed by atoms with Gasteiger partial charge in [0.1, 0.15) is 6.29 Å². The summed E-state index contributed by atoms with van der Waals surface area (Å²) in [6, 6.07) is 19.3. The monoisotopic (exact) mass is 238 g/mol. The Kier molecular flexibility index (Phi) is 4.25. The summed E-state index contributed by atoms with van der Waals surface area (Å²) >= 11 is 0. The SMILES string of the molecule is O=CC/C(=N\Nc1ccccc1)c1ccccc1. The van der Waals surface area contributed by atoms with Gasteiger partial charge in [-0.2, -0.15) is 5.10 Å². The second kappa shape index (κ2) is 6.35. The molecule has 0 radical (unpaired) electrons. The fraction of sp³-hybridized carbons (Fsp3) is 0.0667. The number of carbonyl (C=O) groups is 1. The van der Waals surface area contributed by atoms with E-state index in [1.807, 2.05) is 60.7 Å². The molecule has 0 saturated carbocycles. The first kappa shape index (κ1) is 12.0. The van der Waals surface area contributed by atoms with Crippen molar-refractivity contribution in [3.8, 4) is 0 Å². The number of carbonyl (C=O) groups excluding carboxylic acids is 1. The van der Waals surface area contributed by atoms with Gasteiger partial charge in [-0.25, -0.2) is 0 Å². The molecule has 0 spiro atoms. The molecule has 0 fully saturated rings. The molecule has 0 aliphatic rings. The van der Waals surface area contributed by atoms with Crippen LogP contribution in [0.1, 0.15) is 12.0 Å². The molecule has 1 N–H and O–H groups in total. The molecular weight excluding hydrogens is 224 g/mol. The Labute approximate surface area is 106 Å². The van der Waals surface area contributed by atoms with Gasteiger partial charge in [-0.3, -0.25) is 5.43 Å². The molecule has 0 amide bonds. The Morgan fingerprint density at radius 1 is 1.00 bits per heavy atom. The number of nitrogens with one attached hydrogen (secondary N) is 1. The van der Waals surface area contributed by atoms with Crippen molar-refractivity contribution in [2.24, 2.45) is 5.10 Å². The van der Waals surface area contributed by atoms with Crippen molar-refractivity contribution in [1.82, 2.24) is 0 Å². The van der Waals surface area contributed by atoms with Gasteiger partial charge in [0, 0.05) is 6.42 Å². The molecule has 0 aliphatic carbocycles. The van der Waals surface area contributed by atoms with Gasteiger partial charge >= 0.3 is 0 Å². The molecule has 90 valence electrons. The molecule has 2 rings (SSSR count). The van der Waals surface area contributed by atoms with Crippen molar-refractivity contribution in [1.29, 1.82) is 0 Å². The first-order chi connectivity index (χ1) is 8.90. The quantitative estimate of drug-likeness (QED) is 0.494. The van der Waals surface area contributed by atoms with Crippen LogP contribution in [0.3, 0.4) is 0 Å². The Hall–Kier alpha value is -2.42. The highest BCUT2D eigenvalue weighted by Crippen LogP contribution is 2.08. The van der Waals surface area contributed by atoms with Crippen LogP contribution in [0.15, 0.2) is 65.8 Å². The van der Waals surface area contributed by atoms with Gasteiger partial charge in [0.2, 0.25) is 0 Å². The number of benzene rings is 2. The van der Waals surface area contributed by atoms with Crippen molar-refractivity contribution in [3.05, 3.63) is 66.2 Å². The smallest absolute Gasteiger partial charge is 0.126 e. The first-order valence-electron chi connectivity index (χ1n) is 5.77. The summed E-state index contributed by atoms with van der Waals surface area (Å²) < 4.78 is 0. The molecule has 0 aromatic heterocycles. The molecular formula is C15H14N2O. The molecule has 3 nitrogen and oxygen atoms in total. The van der Waals surface area contributed by atoms with Gasteiger partial charge in [-0.05, 0) is 17.7 Å². The number of nitrogens with zero attached hydrogens (tertiary/aromatic N) is 1. The summed E-state index contributed by atoms with van der Waals surface area (Å²) in [6.07, 6.45) is 1.16. The summed E-state index contributed by atoms with van der Waals surface area (Å²) in [4.78, 5) is 10.7. The molecule has 0 unspecified atom stereocenters. The zero-order chi connectivity index (χ0) is 12.6.